The third-order valence-corrected chi connectivity index (χ3v) is 5.67. The molecule has 2 N–H and O–H groups in total. The number of aryl methyl sites for hydroxylation is 3. The Balaban J connectivity index is 1.73. The summed E-state index contributed by atoms with van der Waals surface area (Å²) in [4.78, 5) is 24.2. The second-order valence-electron chi connectivity index (χ2n) is 8.38. The predicted octanol–water partition coefficient (Wildman–Crippen LogP) is 6.62. The molecular formula is C26H21F5N4O2. The van der Waals surface area contributed by atoms with Gasteiger partial charge in [-0.1, -0.05) is 6.07 Å². The number of benzene rings is 2. The van der Waals surface area contributed by atoms with Crippen LogP contribution in [0.5, 0.6) is 5.75 Å². The van der Waals surface area contributed by atoms with Gasteiger partial charge in [0.15, 0.2) is 11.6 Å². The van der Waals surface area contributed by atoms with E-state index in [0.717, 1.165) is 18.2 Å². The molecule has 0 aliphatic heterocycles. The van der Waals surface area contributed by atoms with E-state index in [1.807, 2.05) is 0 Å². The lowest BCUT2D eigenvalue weighted by molar-refractivity contribution is -0.137. The van der Waals surface area contributed by atoms with E-state index in [2.05, 4.69) is 20.3 Å². The van der Waals surface area contributed by atoms with E-state index >= 15 is 4.39 Å². The number of hydrogen-bond acceptors (Lipinski definition) is 4. The van der Waals surface area contributed by atoms with Crippen molar-refractivity contribution in [3.8, 4) is 28.5 Å². The van der Waals surface area contributed by atoms with Crippen LogP contribution >= 0.6 is 0 Å². The van der Waals surface area contributed by atoms with E-state index in [4.69, 9.17) is 4.74 Å². The number of nitrogens with zero attached hydrogens (tertiary/aromatic N) is 2. The normalized spacial score (nSPS) is 11.5. The number of anilines is 1. The number of amides is 1. The number of rotatable bonds is 5. The molecule has 0 unspecified atom stereocenters. The van der Waals surface area contributed by atoms with Crippen molar-refractivity contribution >= 4 is 11.6 Å². The molecule has 0 spiro atoms. The molecule has 0 atom stereocenters. The number of hydrogen-bond donors (Lipinski definition) is 2. The highest BCUT2D eigenvalue weighted by Crippen LogP contribution is 2.37. The number of ether oxygens (including phenoxy) is 1. The van der Waals surface area contributed by atoms with Crippen LogP contribution in [0.1, 0.15) is 32.9 Å². The Labute approximate surface area is 208 Å². The Morgan fingerprint density at radius 2 is 1.65 bits per heavy atom. The Morgan fingerprint density at radius 3 is 2.27 bits per heavy atom. The van der Waals surface area contributed by atoms with Crippen molar-refractivity contribution in [3.63, 3.8) is 0 Å². The maximum atomic E-state index is 15.1. The Kier molecular flexibility index (Phi) is 6.72. The van der Waals surface area contributed by atoms with E-state index < -0.39 is 29.3 Å². The van der Waals surface area contributed by atoms with Crippen LogP contribution in [0.3, 0.4) is 0 Å². The van der Waals surface area contributed by atoms with Gasteiger partial charge in [0.05, 0.1) is 12.7 Å². The standard InChI is InChI=1S/C26H21F5N4O2/c1-12-8-16(27)9-13(2)20(12)23-19(37-4)11-18(28)22(34-23)24-32-14(3)21(35-24)25(36)33-17-7-5-6-15(10-17)26(29,30)31/h5-11H,1-4H3,(H,32,35)(H,33,36). The second-order valence-corrected chi connectivity index (χ2v) is 8.38. The van der Waals surface area contributed by atoms with Gasteiger partial charge >= 0.3 is 6.18 Å². The van der Waals surface area contributed by atoms with Gasteiger partial charge in [0.1, 0.15) is 28.6 Å². The van der Waals surface area contributed by atoms with Crippen LogP contribution in [0.2, 0.25) is 0 Å². The van der Waals surface area contributed by atoms with E-state index in [1.165, 1.54) is 38.3 Å². The zero-order valence-corrected chi connectivity index (χ0v) is 20.1. The van der Waals surface area contributed by atoms with Gasteiger partial charge in [-0.25, -0.2) is 18.7 Å². The van der Waals surface area contributed by atoms with E-state index in [-0.39, 0.29) is 40.0 Å². The number of nitrogens with one attached hydrogen (secondary N) is 2. The topological polar surface area (TPSA) is 79.9 Å². The molecule has 2 aromatic carbocycles. The predicted molar refractivity (Wildman–Crippen MR) is 127 cm³/mol. The van der Waals surface area contributed by atoms with Crippen molar-refractivity contribution in [1.82, 2.24) is 15.0 Å². The molecule has 4 aromatic rings. The zero-order valence-electron chi connectivity index (χ0n) is 20.1. The van der Waals surface area contributed by atoms with Gasteiger partial charge in [0.25, 0.3) is 5.91 Å². The summed E-state index contributed by atoms with van der Waals surface area (Å²) in [6.45, 7) is 4.87. The summed E-state index contributed by atoms with van der Waals surface area (Å²) < 4.78 is 73.2. The van der Waals surface area contributed by atoms with Gasteiger partial charge in [-0.2, -0.15) is 13.2 Å². The number of aromatic nitrogens is 3. The quantitative estimate of drug-likeness (QED) is 0.292. The van der Waals surface area contributed by atoms with Crippen LogP contribution in [0.25, 0.3) is 22.8 Å². The first-order valence-corrected chi connectivity index (χ1v) is 11.0. The van der Waals surface area contributed by atoms with Crippen molar-refractivity contribution in [2.45, 2.75) is 26.9 Å². The monoisotopic (exact) mass is 516 g/mol. The number of aromatic amines is 1. The number of pyridine rings is 1. The van der Waals surface area contributed by atoms with Crippen molar-refractivity contribution in [3.05, 3.63) is 82.2 Å². The molecule has 0 fully saturated rings. The number of carbonyl (C=O) groups is 1. The zero-order chi connectivity index (χ0) is 27.1. The molecule has 37 heavy (non-hydrogen) atoms. The first-order valence-electron chi connectivity index (χ1n) is 11.0. The third kappa shape index (κ3) is 5.16. The summed E-state index contributed by atoms with van der Waals surface area (Å²) in [7, 11) is 1.35. The van der Waals surface area contributed by atoms with Crippen molar-refractivity contribution in [2.75, 3.05) is 12.4 Å². The summed E-state index contributed by atoms with van der Waals surface area (Å²) >= 11 is 0. The minimum Gasteiger partial charge on any atom is -0.494 e. The molecule has 0 saturated carbocycles. The molecule has 0 radical (unpaired) electrons. The fourth-order valence-electron chi connectivity index (χ4n) is 4.01. The van der Waals surface area contributed by atoms with E-state index in [0.29, 0.717) is 16.7 Å². The Hall–Kier alpha value is -4.28. The molecule has 0 aliphatic carbocycles. The SMILES string of the molecule is COc1cc(F)c(-c2nc(C(=O)Nc3cccc(C(F)(F)F)c3)c(C)[nH]2)nc1-c1c(C)cc(F)cc1C. The second kappa shape index (κ2) is 9.64. The summed E-state index contributed by atoms with van der Waals surface area (Å²) in [5.41, 5.74) is 0.765. The molecular weight excluding hydrogens is 495 g/mol. The molecule has 4 rings (SSSR count). The fourth-order valence-corrected chi connectivity index (χ4v) is 4.01. The van der Waals surface area contributed by atoms with Crippen LogP contribution < -0.4 is 10.1 Å². The highest BCUT2D eigenvalue weighted by atomic mass is 19.4. The highest BCUT2D eigenvalue weighted by Gasteiger charge is 2.30. The minimum absolute atomic E-state index is 0.0782. The number of carbonyl (C=O) groups excluding carboxylic acids is 1. The van der Waals surface area contributed by atoms with E-state index in [1.54, 1.807) is 13.8 Å². The number of alkyl halides is 3. The molecule has 6 nitrogen and oxygen atoms in total. The maximum Gasteiger partial charge on any atom is 0.416 e. The average Bonchev–Trinajstić information content (AvgIpc) is 3.20. The van der Waals surface area contributed by atoms with Crippen molar-refractivity contribution < 1.29 is 31.5 Å². The largest absolute Gasteiger partial charge is 0.494 e. The molecule has 1 amide bonds. The lowest BCUT2D eigenvalue weighted by Gasteiger charge is -2.14. The lowest BCUT2D eigenvalue weighted by Crippen LogP contribution is -2.14. The molecule has 2 heterocycles. The molecule has 0 saturated heterocycles. The Morgan fingerprint density at radius 1 is 0.973 bits per heavy atom. The molecule has 0 bridgehead atoms. The minimum atomic E-state index is -4.58. The number of H-pyrrole nitrogens is 1. The number of methoxy groups -OCH3 is 1. The molecule has 192 valence electrons. The lowest BCUT2D eigenvalue weighted by atomic mass is 9.98. The summed E-state index contributed by atoms with van der Waals surface area (Å²) in [6.07, 6.45) is -4.58. The fraction of sp³-hybridized carbons (Fsp3) is 0.192. The van der Waals surface area contributed by atoms with Crippen LogP contribution in [0.4, 0.5) is 27.6 Å². The number of halogens is 5. The third-order valence-electron chi connectivity index (χ3n) is 5.67. The van der Waals surface area contributed by atoms with E-state index in [9.17, 15) is 22.4 Å². The summed E-state index contributed by atoms with van der Waals surface area (Å²) in [5.74, 6) is -1.98. The Bertz CT molecular complexity index is 1490. The summed E-state index contributed by atoms with van der Waals surface area (Å²) in [5, 5.41) is 2.38. The molecule has 11 heteroatoms. The first kappa shape index (κ1) is 25.8. The van der Waals surface area contributed by atoms with Crippen molar-refractivity contribution in [2.24, 2.45) is 0 Å². The number of imidazole rings is 1. The van der Waals surface area contributed by atoms with Crippen LogP contribution in [0.15, 0.2) is 42.5 Å². The van der Waals surface area contributed by atoms with Crippen LogP contribution in [-0.2, 0) is 6.18 Å². The highest BCUT2D eigenvalue weighted by molar-refractivity contribution is 6.04. The van der Waals surface area contributed by atoms with Crippen molar-refractivity contribution in [1.29, 1.82) is 0 Å². The maximum absolute atomic E-state index is 15.1. The van der Waals surface area contributed by atoms with Gasteiger partial charge < -0.3 is 15.0 Å². The summed E-state index contributed by atoms with van der Waals surface area (Å²) in [6, 6.07) is 7.90. The van der Waals surface area contributed by atoms with Crippen LogP contribution in [-0.4, -0.2) is 28.0 Å². The average molecular weight is 516 g/mol. The van der Waals surface area contributed by atoms with Gasteiger partial charge in [0.2, 0.25) is 0 Å². The van der Waals surface area contributed by atoms with Crippen LogP contribution in [0, 0.1) is 32.4 Å². The first-order chi connectivity index (χ1) is 17.4. The molecule has 0 aliphatic rings. The van der Waals surface area contributed by atoms with Gasteiger partial charge in [-0.3, -0.25) is 4.79 Å². The molecule has 2 aromatic heterocycles. The van der Waals surface area contributed by atoms with Gasteiger partial charge in [-0.15, -0.1) is 0 Å². The smallest absolute Gasteiger partial charge is 0.416 e. The van der Waals surface area contributed by atoms with Gasteiger partial charge in [-0.05, 0) is 62.2 Å². The van der Waals surface area contributed by atoms with Gasteiger partial charge in [0, 0.05) is 23.0 Å².